The summed E-state index contributed by atoms with van der Waals surface area (Å²) in [6.45, 7) is 5.60. The van der Waals surface area contributed by atoms with Crippen molar-refractivity contribution in [1.29, 1.82) is 0 Å². The van der Waals surface area contributed by atoms with Crippen molar-refractivity contribution in [2.24, 2.45) is 0 Å². The summed E-state index contributed by atoms with van der Waals surface area (Å²) in [5.41, 5.74) is 4.02. The summed E-state index contributed by atoms with van der Waals surface area (Å²) < 4.78 is 0. The third-order valence-corrected chi connectivity index (χ3v) is 3.47. The van der Waals surface area contributed by atoms with Gasteiger partial charge in [-0.15, -0.1) is 0 Å². The van der Waals surface area contributed by atoms with Crippen molar-refractivity contribution in [3.63, 3.8) is 0 Å². The van der Waals surface area contributed by atoms with Crippen LogP contribution in [0, 0.1) is 30.9 Å². The summed E-state index contributed by atoms with van der Waals surface area (Å²) in [6.07, 6.45) is -0.852. The molecule has 0 radical (unpaired) electrons. The Morgan fingerprint density at radius 3 is 2.35 bits per heavy atom. The van der Waals surface area contributed by atoms with E-state index in [4.69, 9.17) is 0 Å². The molecule has 0 saturated carbocycles. The summed E-state index contributed by atoms with van der Waals surface area (Å²) in [7, 11) is 0. The Labute approximate surface area is 117 Å². The Kier molecular flexibility index (Phi) is 3.86. The van der Waals surface area contributed by atoms with Crippen LogP contribution in [0.25, 0.3) is 0 Å². The molecule has 20 heavy (non-hydrogen) atoms. The summed E-state index contributed by atoms with van der Waals surface area (Å²) in [6, 6.07) is 10.6. The first-order valence-corrected chi connectivity index (χ1v) is 6.40. The molecule has 0 aromatic heterocycles. The Hall–Kier alpha value is -2.20. The molecule has 0 aliphatic carbocycles. The van der Waals surface area contributed by atoms with Gasteiger partial charge >= 0.3 is 0 Å². The minimum absolute atomic E-state index is 0.0336. The van der Waals surface area contributed by atoms with Crippen LogP contribution in [0.5, 0.6) is 0 Å². The highest BCUT2D eigenvalue weighted by atomic mass is 16.6. The van der Waals surface area contributed by atoms with E-state index in [-0.39, 0.29) is 5.69 Å². The molecule has 2 aromatic rings. The lowest BCUT2D eigenvalue weighted by Gasteiger charge is -2.15. The van der Waals surface area contributed by atoms with E-state index in [0.717, 1.165) is 16.7 Å². The van der Waals surface area contributed by atoms with E-state index < -0.39 is 11.0 Å². The number of nitro benzene ring substituents is 1. The molecule has 2 rings (SSSR count). The van der Waals surface area contributed by atoms with Gasteiger partial charge in [-0.25, -0.2) is 0 Å². The standard InChI is InChI=1S/C16H17NO3/c1-10-4-7-14(12(3)8-10)16(18)13-6-5-11(2)15(9-13)17(19)20/h4-9,16,18H,1-3H3/t16-/m0/s1. The van der Waals surface area contributed by atoms with Gasteiger partial charge in [0, 0.05) is 11.6 Å². The maximum absolute atomic E-state index is 11.0. The van der Waals surface area contributed by atoms with Crippen molar-refractivity contribution in [3.8, 4) is 0 Å². The van der Waals surface area contributed by atoms with Crippen LogP contribution in [0.1, 0.15) is 33.9 Å². The minimum Gasteiger partial charge on any atom is -0.384 e. The van der Waals surface area contributed by atoms with Gasteiger partial charge in [0.25, 0.3) is 5.69 Å². The van der Waals surface area contributed by atoms with Crippen LogP contribution in [-0.2, 0) is 0 Å². The fraction of sp³-hybridized carbons (Fsp3) is 0.250. The third-order valence-electron chi connectivity index (χ3n) is 3.47. The lowest BCUT2D eigenvalue weighted by Crippen LogP contribution is -2.03. The summed E-state index contributed by atoms with van der Waals surface area (Å²) >= 11 is 0. The minimum atomic E-state index is -0.852. The summed E-state index contributed by atoms with van der Waals surface area (Å²) in [5.74, 6) is 0. The maximum Gasteiger partial charge on any atom is 0.272 e. The van der Waals surface area contributed by atoms with Crippen LogP contribution in [0.3, 0.4) is 0 Å². The predicted molar refractivity (Wildman–Crippen MR) is 77.8 cm³/mol. The van der Waals surface area contributed by atoms with E-state index in [9.17, 15) is 15.2 Å². The van der Waals surface area contributed by atoms with Gasteiger partial charge in [0.1, 0.15) is 6.10 Å². The molecular formula is C16H17NO3. The average molecular weight is 271 g/mol. The van der Waals surface area contributed by atoms with E-state index in [1.807, 2.05) is 32.0 Å². The van der Waals surface area contributed by atoms with E-state index in [1.165, 1.54) is 6.07 Å². The van der Waals surface area contributed by atoms with Gasteiger partial charge in [0.2, 0.25) is 0 Å². The van der Waals surface area contributed by atoms with Crippen LogP contribution in [0.4, 0.5) is 5.69 Å². The van der Waals surface area contributed by atoms with E-state index in [0.29, 0.717) is 11.1 Å². The monoisotopic (exact) mass is 271 g/mol. The van der Waals surface area contributed by atoms with Crippen molar-refractivity contribution in [1.82, 2.24) is 0 Å². The number of nitro groups is 1. The fourth-order valence-corrected chi connectivity index (χ4v) is 2.31. The number of aliphatic hydroxyl groups is 1. The lowest BCUT2D eigenvalue weighted by atomic mass is 9.95. The van der Waals surface area contributed by atoms with Crippen LogP contribution in [-0.4, -0.2) is 10.0 Å². The Morgan fingerprint density at radius 1 is 1.05 bits per heavy atom. The molecule has 0 bridgehead atoms. The zero-order valence-corrected chi connectivity index (χ0v) is 11.8. The molecule has 0 spiro atoms. The second-order valence-electron chi connectivity index (χ2n) is 5.07. The molecule has 0 amide bonds. The molecule has 0 saturated heterocycles. The molecule has 1 atom stereocenters. The molecule has 4 heteroatoms. The number of nitrogens with zero attached hydrogens (tertiary/aromatic N) is 1. The first-order valence-electron chi connectivity index (χ1n) is 6.40. The van der Waals surface area contributed by atoms with Gasteiger partial charge < -0.3 is 5.11 Å². The Morgan fingerprint density at radius 2 is 1.75 bits per heavy atom. The third kappa shape index (κ3) is 2.70. The topological polar surface area (TPSA) is 63.4 Å². The number of benzene rings is 2. The Bertz CT molecular complexity index is 665. The number of rotatable bonds is 3. The smallest absolute Gasteiger partial charge is 0.272 e. The normalized spacial score (nSPS) is 12.2. The first-order chi connectivity index (χ1) is 9.40. The van der Waals surface area contributed by atoms with E-state index >= 15 is 0 Å². The number of aryl methyl sites for hydroxylation is 3. The van der Waals surface area contributed by atoms with Gasteiger partial charge in [-0.05, 0) is 37.5 Å². The van der Waals surface area contributed by atoms with E-state index in [1.54, 1.807) is 19.1 Å². The van der Waals surface area contributed by atoms with Crippen LogP contribution in [0.15, 0.2) is 36.4 Å². The molecule has 1 N–H and O–H groups in total. The number of aliphatic hydroxyl groups excluding tert-OH is 1. The lowest BCUT2D eigenvalue weighted by molar-refractivity contribution is -0.385. The zero-order chi connectivity index (χ0) is 14.9. The number of hydrogen-bond acceptors (Lipinski definition) is 3. The molecule has 0 aliphatic rings. The van der Waals surface area contributed by atoms with Crippen LogP contribution >= 0.6 is 0 Å². The molecule has 2 aromatic carbocycles. The number of hydrogen-bond donors (Lipinski definition) is 1. The largest absolute Gasteiger partial charge is 0.384 e. The first kappa shape index (κ1) is 14.2. The second kappa shape index (κ2) is 5.43. The SMILES string of the molecule is Cc1ccc([C@@H](O)c2ccc(C)c([N+](=O)[O-])c2)c(C)c1. The highest BCUT2D eigenvalue weighted by Gasteiger charge is 2.18. The molecule has 0 unspecified atom stereocenters. The zero-order valence-electron chi connectivity index (χ0n) is 11.8. The maximum atomic E-state index is 11.0. The molecule has 0 fully saturated rings. The van der Waals surface area contributed by atoms with Crippen molar-refractivity contribution in [2.75, 3.05) is 0 Å². The van der Waals surface area contributed by atoms with Crippen molar-refractivity contribution in [2.45, 2.75) is 26.9 Å². The quantitative estimate of drug-likeness (QED) is 0.685. The second-order valence-corrected chi connectivity index (χ2v) is 5.07. The molecule has 4 nitrogen and oxygen atoms in total. The molecule has 0 aliphatic heterocycles. The highest BCUT2D eigenvalue weighted by Crippen LogP contribution is 2.29. The van der Waals surface area contributed by atoms with Crippen LogP contribution < -0.4 is 0 Å². The predicted octanol–water partition coefficient (Wildman–Crippen LogP) is 3.60. The van der Waals surface area contributed by atoms with Crippen molar-refractivity contribution in [3.05, 3.63) is 74.3 Å². The molecule has 104 valence electrons. The average Bonchev–Trinajstić information content (AvgIpc) is 2.38. The van der Waals surface area contributed by atoms with Gasteiger partial charge in [-0.3, -0.25) is 10.1 Å². The molecule has 0 heterocycles. The molecular weight excluding hydrogens is 254 g/mol. The van der Waals surface area contributed by atoms with E-state index in [2.05, 4.69) is 0 Å². The van der Waals surface area contributed by atoms with Gasteiger partial charge in [-0.1, -0.05) is 35.9 Å². The fourth-order valence-electron chi connectivity index (χ4n) is 2.31. The highest BCUT2D eigenvalue weighted by molar-refractivity contribution is 5.46. The summed E-state index contributed by atoms with van der Waals surface area (Å²) in [4.78, 5) is 10.5. The van der Waals surface area contributed by atoms with Crippen LogP contribution in [0.2, 0.25) is 0 Å². The van der Waals surface area contributed by atoms with Gasteiger partial charge in [-0.2, -0.15) is 0 Å². The van der Waals surface area contributed by atoms with Gasteiger partial charge in [0.05, 0.1) is 4.92 Å². The summed E-state index contributed by atoms with van der Waals surface area (Å²) in [5, 5.41) is 21.4. The van der Waals surface area contributed by atoms with Crippen molar-refractivity contribution < 1.29 is 10.0 Å². The Balaban J connectivity index is 2.45. The van der Waals surface area contributed by atoms with Crippen molar-refractivity contribution >= 4 is 5.69 Å². The van der Waals surface area contributed by atoms with Gasteiger partial charge in [0.15, 0.2) is 0 Å².